The number of amides is 8. The first-order valence-electron chi connectivity index (χ1n) is 35.4. The fourth-order valence-electron chi connectivity index (χ4n) is 14.3. The van der Waals surface area contributed by atoms with E-state index in [0.717, 1.165) is 64.0 Å². The van der Waals surface area contributed by atoms with E-state index >= 15 is 0 Å². The third kappa shape index (κ3) is 21.1. The number of aromatic nitrogens is 4. The molecule has 5 atom stereocenters. The van der Waals surface area contributed by atoms with Crippen LogP contribution < -0.4 is 31.5 Å². The van der Waals surface area contributed by atoms with Gasteiger partial charge in [-0.1, -0.05) is 75.4 Å². The van der Waals surface area contributed by atoms with Crippen LogP contribution in [-0.2, 0) is 83.3 Å². The lowest BCUT2D eigenvalue weighted by Crippen LogP contribution is -2.52. The second kappa shape index (κ2) is 36.3. The van der Waals surface area contributed by atoms with E-state index in [1.165, 1.54) is 28.4 Å². The standard InChI is InChI=1S/C75H94N12O16S/c1-48(2)67(82-63(89)24-29-98-32-34-100-36-37-101-35-33-99-30-25-76-62(88)23-27-86-65(91)20-21-66(86)92)70(94)77-43-64(90)79-54-16-14-51(15-17-54)45-102-73(97)84(6)28-31-103-75-39-49(3)38-52(41-75)40-74(5,46-75)47-87-50(4)57(42-78-87)55-18-19-61(81-68(55)71(95)96)85-26-22-53-10-9-11-56(58(53)44-85)69(93)83-72-80-59-12-7-8-13-60(59)104-72/h7-21,42,48-49,52,67H,22-41,43-47H2,1-6H3,(H,76,88)(H,77,94)(H,79,90)(H,82,89)(H,95,96)(H,80,83,93). The molecule has 556 valence electrons. The fourth-order valence-corrected chi connectivity index (χ4v) is 15.1. The van der Waals surface area contributed by atoms with Gasteiger partial charge in [0.1, 0.15) is 18.5 Å². The molecule has 2 saturated carbocycles. The summed E-state index contributed by atoms with van der Waals surface area (Å²) in [6.45, 7) is 14.3. The average Bonchev–Trinajstić information content (AvgIpc) is 1.11. The monoisotopic (exact) mass is 1450 g/mol. The van der Waals surface area contributed by atoms with Crippen LogP contribution in [0.2, 0.25) is 0 Å². The minimum absolute atomic E-state index is 0.00219. The summed E-state index contributed by atoms with van der Waals surface area (Å²) < 4.78 is 37.5. The molecule has 0 radical (unpaired) electrons. The second-order valence-electron chi connectivity index (χ2n) is 27.8. The number of nitrogens with zero attached hydrogens (tertiary/aromatic N) is 7. The summed E-state index contributed by atoms with van der Waals surface area (Å²) in [6.07, 6.45) is 8.85. The van der Waals surface area contributed by atoms with Crippen molar-refractivity contribution in [2.24, 2.45) is 23.2 Å². The summed E-state index contributed by atoms with van der Waals surface area (Å²) >= 11 is 1.42. The molecule has 6 N–H and O–H groups in total. The molecular formula is C75H94N12O16S. The van der Waals surface area contributed by atoms with Gasteiger partial charge in [-0.05, 0) is 128 Å². The number of carbonyl (C=O) groups is 9. The van der Waals surface area contributed by atoms with Crippen LogP contribution in [-0.4, -0.2) is 199 Å². The van der Waals surface area contributed by atoms with Crippen molar-refractivity contribution < 1.29 is 76.7 Å². The molecule has 3 aromatic heterocycles. The van der Waals surface area contributed by atoms with Crippen molar-refractivity contribution in [3.05, 3.63) is 131 Å². The molecule has 3 aromatic carbocycles. The van der Waals surface area contributed by atoms with Crippen molar-refractivity contribution in [2.45, 2.75) is 117 Å². The molecule has 28 nitrogen and oxygen atoms in total. The lowest BCUT2D eigenvalue weighted by Gasteiger charge is -2.54. The van der Waals surface area contributed by atoms with E-state index < -0.39 is 53.2 Å². The van der Waals surface area contributed by atoms with Crippen LogP contribution in [0.1, 0.15) is 116 Å². The maximum Gasteiger partial charge on any atom is 0.409 e. The van der Waals surface area contributed by atoms with Crippen molar-refractivity contribution in [2.75, 3.05) is 115 Å². The highest BCUT2D eigenvalue weighted by Crippen LogP contribution is 2.55. The zero-order chi connectivity index (χ0) is 73.9. The van der Waals surface area contributed by atoms with E-state index in [1.807, 2.05) is 71.1 Å². The van der Waals surface area contributed by atoms with E-state index in [9.17, 15) is 48.3 Å². The van der Waals surface area contributed by atoms with Crippen LogP contribution in [0.15, 0.2) is 97.2 Å². The average molecular weight is 1450 g/mol. The first-order chi connectivity index (χ1) is 50.0. The Kier molecular flexibility index (Phi) is 26.9. The van der Waals surface area contributed by atoms with E-state index in [0.29, 0.717) is 116 Å². The van der Waals surface area contributed by atoms with Crippen LogP contribution in [0.4, 0.5) is 21.4 Å². The van der Waals surface area contributed by atoms with Crippen molar-refractivity contribution in [1.82, 2.24) is 45.5 Å². The van der Waals surface area contributed by atoms with Gasteiger partial charge in [0, 0.05) is 99.4 Å². The van der Waals surface area contributed by atoms with Crippen LogP contribution >= 0.6 is 11.3 Å². The molecule has 2 bridgehead atoms. The Morgan fingerprint density at radius 3 is 2.21 bits per heavy atom. The van der Waals surface area contributed by atoms with Gasteiger partial charge >= 0.3 is 12.1 Å². The summed E-state index contributed by atoms with van der Waals surface area (Å²) in [7, 11) is 1.67. The minimum atomic E-state index is -1.16. The predicted molar refractivity (Wildman–Crippen MR) is 387 cm³/mol. The lowest BCUT2D eigenvalue weighted by atomic mass is 9.57. The molecule has 5 unspecified atom stereocenters. The Hall–Kier alpha value is -9.52. The molecule has 2 aliphatic carbocycles. The highest BCUT2D eigenvalue weighted by Gasteiger charge is 2.51. The molecule has 2 fully saturated rings. The number of para-hydroxylation sites is 1. The Morgan fingerprint density at radius 2 is 1.49 bits per heavy atom. The zero-order valence-electron chi connectivity index (χ0n) is 59.8. The molecule has 0 saturated heterocycles. The number of pyridine rings is 1. The number of carbonyl (C=O) groups excluding carboxylic acids is 8. The number of hydrogen-bond acceptors (Lipinski definition) is 20. The SMILES string of the molecule is Cc1c(-c2ccc(N3CCc4cccc(C(=O)Nc5nc6ccccc6s5)c4C3)nc2C(=O)O)cnn1CC1(C)CC2CC(C)CC(OCCN(C)C(=O)OCc3ccc(NC(=O)CNC(=O)C(NC(=O)CCOCCOCCOCCOCCNC(=O)CCN4C(=O)C=CC4=O)C(C)C)cc3)(C2)C1. The number of carboxylic acid groups (broad SMARTS) is 1. The summed E-state index contributed by atoms with van der Waals surface area (Å²) in [4.78, 5) is 128. The van der Waals surface area contributed by atoms with Gasteiger partial charge in [-0.3, -0.25) is 48.5 Å². The molecule has 8 amide bonds. The van der Waals surface area contributed by atoms with Crippen molar-refractivity contribution in [1.29, 1.82) is 0 Å². The summed E-state index contributed by atoms with van der Waals surface area (Å²) in [5.74, 6) is -2.87. The molecule has 2 aliphatic heterocycles. The van der Waals surface area contributed by atoms with E-state index in [2.05, 4.69) is 45.4 Å². The number of thiazole rings is 1. The van der Waals surface area contributed by atoms with Gasteiger partial charge in [-0.25, -0.2) is 19.6 Å². The number of ether oxygens (including phenoxy) is 6. The highest BCUT2D eigenvalue weighted by atomic mass is 32.1. The van der Waals surface area contributed by atoms with E-state index in [4.69, 9.17) is 38.5 Å². The lowest BCUT2D eigenvalue weighted by molar-refractivity contribution is -0.153. The quantitative estimate of drug-likeness (QED) is 0.0160. The number of anilines is 3. The first-order valence-corrected chi connectivity index (χ1v) is 36.2. The Labute approximate surface area is 608 Å². The third-order valence-corrected chi connectivity index (χ3v) is 20.0. The molecule has 104 heavy (non-hydrogen) atoms. The Morgan fingerprint density at radius 1 is 0.769 bits per heavy atom. The van der Waals surface area contributed by atoms with E-state index in [1.54, 1.807) is 51.4 Å². The molecule has 29 heteroatoms. The number of benzene rings is 3. The predicted octanol–water partition coefficient (Wildman–Crippen LogP) is 7.72. The van der Waals surface area contributed by atoms with Gasteiger partial charge in [0.05, 0.1) is 88.0 Å². The zero-order valence-corrected chi connectivity index (χ0v) is 60.7. The van der Waals surface area contributed by atoms with Crippen molar-refractivity contribution in [3.8, 4) is 11.1 Å². The highest BCUT2D eigenvalue weighted by molar-refractivity contribution is 7.22. The van der Waals surface area contributed by atoms with Crippen LogP contribution in [0.25, 0.3) is 21.3 Å². The smallest absolute Gasteiger partial charge is 0.409 e. The molecule has 4 aliphatic rings. The number of aromatic carboxylic acids is 1. The molecule has 6 aromatic rings. The van der Waals surface area contributed by atoms with Gasteiger partial charge in [0.15, 0.2) is 10.8 Å². The molecule has 5 heterocycles. The van der Waals surface area contributed by atoms with Crippen molar-refractivity contribution >= 4 is 91.6 Å². The Bertz CT molecular complexity index is 4030. The molecular weight excluding hydrogens is 1360 g/mol. The van der Waals surface area contributed by atoms with Gasteiger partial charge in [0.2, 0.25) is 23.6 Å². The van der Waals surface area contributed by atoms with Crippen LogP contribution in [0, 0.1) is 30.1 Å². The summed E-state index contributed by atoms with van der Waals surface area (Å²) in [6, 6.07) is 23.0. The number of hydrogen-bond donors (Lipinski definition) is 6. The maximum absolute atomic E-state index is 13.8. The number of imide groups is 1. The normalized spacial score (nSPS) is 18.6. The van der Waals surface area contributed by atoms with Crippen LogP contribution in [0.5, 0.6) is 0 Å². The number of fused-ring (bicyclic) bond motifs is 4. The number of nitrogens with one attached hydrogen (secondary N) is 5. The Balaban J connectivity index is 0.598. The first kappa shape index (κ1) is 77.1. The van der Waals surface area contributed by atoms with Gasteiger partial charge in [-0.15, -0.1) is 0 Å². The number of carboxylic acids is 1. The largest absolute Gasteiger partial charge is 0.476 e. The van der Waals surface area contributed by atoms with Crippen LogP contribution in [0.3, 0.4) is 0 Å². The third-order valence-electron chi connectivity index (χ3n) is 19.1. The topological polar surface area (TPSA) is 343 Å². The number of likely N-dealkylation sites (N-methyl/N-ethyl adjacent to an activating group) is 1. The van der Waals surface area contributed by atoms with Gasteiger partial charge < -0.3 is 64.6 Å². The van der Waals surface area contributed by atoms with Gasteiger partial charge in [0.25, 0.3) is 17.7 Å². The fraction of sp³-hybridized carbons (Fsp3) is 0.493. The summed E-state index contributed by atoms with van der Waals surface area (Å²) in [5, 5.41) is 29.8. The van der Waals surface area contributed by atoms with Crippen molar-refractivity contribution in [3.63, 3.8) is 0 Å². The minimum Gasteiger partial charge on any atom is -0.476 e. The second-order valence-corrected chi connectivity index (χ2v) is 28.8. The number of rotatable bonds is 37. The van der Waals surface area contributed by atoms with E-state index in [-0.39, 0.29) is 94.4 Å². The van der Waals surface area contributed by atoms with Gasteiger partial charge in [-0.2, -0.15) is 5.10 Å². The molecule has 10 rings (SSSR count). The molecule has 0 spiro atoms. The maximum atomic E-state index is 13.8. The summed E-state index contributed by atoms with van der Waals surface area (Å²) in [5.41, 5.74) is 5.69.